The highest BCUT2D eigenvalue weighted by molar-refractivity contribution is 7.92. The summed E-state index contributed by atoms with van der Waals surface area (Å²) in [5.74, 6) is 0.239. The molecule has 16 heavy (non-hydrogen) atoms. The topological polar surface area (TPSA) is 49.4 Å². The number of rotatable bonds is 9. The normalized spacial score (nSPS) is 12.6. The molecule has 0 aliphatic rings. The number of nitrogens with zero attached hydrogens (tertiary/aromatic N) is 1. The van der Waals surface area contributed by atoms with Gasteiger partial charge in [0, 0.05) is 19.6 Å². The van der Waals surface area contributed by atoms with Crippen LogP contribution < -0.4 is 5.32 Å². The van der Waals surface area contributed by atoms with Crippen molar-refractivity contribution in [2.75, 3.05) is 38.5 Å². The predicted octanol–water partition coefficient (Wildman–Crippen LogP) is 0.741. The fourth-order valence-corrected chi connectivity index (χ4v) is 2.25. The molecule has 0 aromatic carbocycles. The minimum atomic E-state index is -2.89. The summed E-state index contributed by atoms with van der Waals surface area (Å²) in [6.45, 7) is 12.2. The van der Waals surface area contributed by atoms with Gasteiger partial charge in [0.1, 0.15) is 0 Å². The number of sulfone groups is 1. The van der Waals surface area contributed by atoms with Crippen molar-refractivity contribution in [3.63, 3.8) is 0 Å². The van der Waals surface area contributed by atoms with Gasteiger partial charge in [0.25, 0.3) is 0 Å². The van der Waals surface area contributed by atoms with Crippen LogP contribution in [-0.4, -0.2) is 57.0 Å². The van der Waals surface area contributed by atoms with Gasteiger partial charge in [0.2, 0.25) is 0 Å². The van der Waals surface area contributed by atoms with E-state index in [4.69, 9.17) is 0 Å². The number of hydrogen-bond acceptors (Lipinski definition) is 4. The van der Waals surface area contributed by atoms with Crippen LogP contribution in [0.1, 0.15) is 27.7 Å². The molecular weight excluding hydrogens is 224 g/mol. The lowest BCUT2D eigenvalue weighted by Gasteiger charge is -2.18. The van der Waals surface area contributed by atoms with E-state index in [2.05, 4.69) is 24.1 Å². The van der Waals surface area contributed by atoms with Crippen LogP contribution in [0.3, 0.4) is 0 Å². The van der Waals surface area contributed by atoms with Crippen LogP contribution in [-0.2, 0) is 9.84 Å². The quantitative estimate of drug-likeness (QED) is 0.613. The molecule has 0 aliphatic heterocycles. The lowest BCUT2D eigenvalue weighted by molar-refractivity contribution is 0.303. The third kappa shape index (κ3) is 6.45. The maximum atomic E-state index is 11.5. The average Bonchev–Trinajstić information content (AvgIpc) is 2.23. The van der Waals surface area contributed by atoms with Gasteiger partial charge in [-0.1, -0.05) is 13.8 Å². The molecule has 98 valence electrons. The Hall–Kier alpha value is -0.130. The van der Waals surface area contributed by atoms with Gasteiger partial charge in [-0.05, 0) is 26.9 Å². The number of nitrogens with one attached hydrogen (secondary N) is 1. The molecule has 4 nitrogen and oxygen atoms in total. The SMILES string of the molecule is CCN(CC)CCNCCS(=O)(=O)C(C)C. The van der Waals surface area contributed by atoms with Crippen LogP contribution >= 0.6 is 0 Å². The van der Waals surface area contributed by atoms with Crippen LogP contribution in [0, 0.1) is 0 Å². The second-order valence-corrected chi connectivity index (χ2v) is 6.87. The first kappa shape index (κ1) is 15.9. The summed E-state index contributed by atoms with van der Waals surface area (Å²) in [7, 11) is -2.89. The monoisotopic (exact) mass is 250 g/mol. The smallest absolute Gasteiger partial charge is 0.153 e. The van der Waals surface area contributed by atoms with E-state index in [-0.39, 0.29) is 11.0 Å². The first-order chi connectivity index (χ1) is 7.44. The van der Waals surface area contributed by atoms with E-state index in [1.807, 2.05) is 0 Å². The lowest BCUT2D eigenvalue weighted by Crippen LogP contribution is -2.34. The summed E-state index contributed by atoms with van der Waals surface area (Å²) in [5.41, 5.74) is 0. The predicted molar refractivity (Wildman–Crippen MR) is 69.6 cm³/mol. The molecule has 0 rings (SSSR count). The molecule has 0 atom stereocenters. The summed E-state index contributed by atoms with van der Waals surface area (Å²) in [5, 5.41) is 2.91. The van der Waals surface area contributed by atoms with Gasteiger partial charge in [0.15, 0.2) is 9.84 Å². The molecule has 0 unspecified atom stereocenters. The van der Waals surface area contributed by atoms with Gasteiger partial charge in [-0.25, -0.2) is 8.42 Å². The highest BCUT2D eigenvalue weighted by atomic mass is 32.2. The Labute approximate surface area is 100 Å². The van der Waals surface area contributed by atoms with Crippen LogP contribution in [0.25, 0.3) is 0 Å². The van der Waals surface area contributed by atoms with Gasteiger partial charge < -0.3 is 10.2 Å². The fourth-order valence-electron chi connectivity index (χ4n) is 1.35. The Balaban J connectivity index is 3.62. The van der Waals surface area contributed by atoms with Crippen molar-refractivity contribution in [1.29, 1.82) is 0 Å². The van der Waals surface area contributed by atoms with Crippen molar-refractivity contribution in [1.82, 2.24) is 10.2 Å². The standard InChI is InChI=1S/C11H26N2O2S/c1-5-13(6-2)9-7-12-8-10-16(14,15)11(3)4/h11-12H,5-10H2,1-4H3. The molecule has 0 heterocycles. The molecule has 0 spiro atoms. The molecule has 0 aromatic rings. The molecule has 0 aliphatic carbocycles. The van der Waals surface area contributed by atoms with Crippen molar-refractivity contribution in [3.05, 3.63) is 0 Å². The van der Waals surface area contributed by atoms with Crippen molar-refractivity contribution < 1.29 is 8.42 Å². The Kier molecular flexibility index (Phi) is 7.97. The van der Waals surface area contributed by atoms with Crippen LogP contribution in [0.4, 0.5) is 0 Å². The van der Waals surface area contributed by atoms with E-state index in [9.17, 15) is 8.42 Å². The highest BCUT2D eigenvalue weighted by Crippen LogP contribution is 1.98. The van der Waals surface area contributed by atoms with E-state index in [1.165, 1.54) is 0 Å². The molecular formula is C11H26N2O2S. The zero-order valence-electron chi connectivity index (χ0n) is 11.0. The molecule has 0 amide bonds. The fraction of sp³-hybridized carbons (Fsp3) is 1.00. The highest BCUT2D eigenvalue weighted by Gasteiger charge is 2.14. The van der Waals surface area contributed by atoms with Gasteiger partial charge in [0.05, 0.1) is 11.0 Å². The van der Waals surface area contributed by atoms with Crippen molar-refractivity contribution in [2.24, 2.45) is 0 Å². The Morgan fingerprint density at radius 3 is 2.12 bits per heavy atom. The van der Waals surface area contributed by atoms with Gasteiger partial charge in [-0.2, -0.15) is 0 Å². The summed E-state index contributed by atoms with van der Waals surface area (Å²) in [6.07, 6.45) is 0. The summed E-state index contributed by atoms with van der Waals surface area (Å²) < 4.78 is 23.0. The minimum absolute atomic E-state index is 0.239. The van der Waals surface area contributed by atoms with Crippen LogP contribution in [0.5, 0.6) is 0 Å². The van der Waals surface area contributed by atoms with Crippen molar-refractivity contribution in [2.45, 2.75) is 32.9 Å². The Morgan fingerprint density at radius 1 is 1.12 bits per heavy atom. The lowest BCUT2D eigenvalue weighted by atomic mass is 10.4. The summed E-state index contributed by atoms with van der Waals surface area (Å²) in [4.78, 5) is 2.31. The van der Waals surface area contributed by atoms with E-state index in [1.54, 1.807) is 13.8 Å². The molecule has 0 saturated carbocycles. The number of likely N-dealkylation sites (N-methyl/N-ethyl adjacent to an activating group) is 1. The molecule has 5 heteroatoms. The Bertz CT molecular complexity index is 259. The zero-order chi connectivity index (χ0) is 12.6. The zero-order valence-corrected chi connectivity index (χ0v) is 11.8. The first-order valence-corrected chi connectivity index (χ1v) is 7.80. The molecule has 0 radical (unpaired) electrons. The Morgan fingerprint density at radius 2 is 1.69 bits per heavy atom. The van der Waals surface area contributed by atoms with Crippen LogP contribution in [0.2, 0.25) is 0 Å². The van der Waals surface area contributed by atoms with E-state index >= 15 is 0 Å². The van der Waals surface area contributed by atoms with Crippen molar-refractivity contribution >= 4 is 9.84 Å². The first-order valence-electron chi connectivity index (χ1n) is 6.08. The maximum absolute atomic E-state index is 11.5. The summed E-state index contributed by atoms with van der Waals surface area (Å²) >= 11 is 0. The van der Waals surface area contributed by atoms with Gasteiger partial charge in [-0.3, -0.25) is 0 Å². The third-order valence-corrected chi connectivity index (χ3v) is 4.99. The average molecular weight is 250 g/mol. The number of hydrogen-bond donors (Lipinski definition) is 1. The maximum Gasteiger partial charge on any atom is 0.153 e. The van der Waals surface area contributed by atoms with E-state index in [0.29, 0.717) is 6.54 Å². The molecule has 0 bridgehead atoms. The molecule has 0 aromatic heterocycles. The molecule has 0 saturated heterocycles. The van der Waals surface area contributed by atoms with Gasteiger partial charge >= 0.3 is 0 Å². The van der Waals surface area contributed by atoms with Gasteiger partial charge in [-0.15, -0.1) is 0 Å². The molecule has 0 fully saturated rings. The van der Waals surface area contributed by atoms with E-state index in [0.717, 1.165) is 26.2 Å². The second-order valence-electron chi connectivity index (χ2n) is 4.19. The largest absolute Gasteiger partial charge is 0.314 e. The summed E-state index contributed by atoms with van der Waals surface area (Å²) in [6, 6.07) is 0. The van der Waals surface area contributed by atoms with Crippen LogP contribution in [0.15, 0.2) is 0 Å². The second kappa shape index (κ2) is 8.03. The van der Waals surface area contributed by atoms with Crippen molar-refractivity contribution in [3.8, 4) is 0 Å². The third-order valence-electron chi connectivity index (χ3n) is 2.78. The minimum Gasteiger partial charge on any atom is -0.314 e. The van der Waals surface area contributed by atoms with E-state index < -0.39 is 9.84 Å². The molecule has 1 N–H and O–H groups in total.